The molecule has 9 heteroatoms. The summed E-state index contributed by atoms with van der Waals surface area (Å²) in [5, 5.41) is 10.6. The molecule has 0 atom stereocenters. The van der Waals surface area contributed by atoms with Crippen LogP contribution in [0.4, 0.5) is 23.1 Å². The lowest BCUT2D eigenvalue weighted by molar-refractivity contribution is 0.400. The highest BCUT2D eigenvalue weighted by Gasteiger charge is 2.12. The summed E-state index contributed by atoms with van der Waals surface area (Å²) in [7, 11) is 3.11. The van der Waals surface area contributed by atoms with E-state index in [0.29, 0.717) is 51.2 Å². The zero-order valence-electron chi connectivity index (χ0n) is 14.8. The van der Waals surface area contributed by atoms with Gasteiger partial charge in [-0.05, 0) is 13.8 Å². The fourth-order valence-electron chi connectivity index (χ4n) is 2.35. The van der Waals surface area contributed by atoms with E-state index in [9.17, 15) is 0 Å². The number of hydrogen-bond donors (Lipinski definition) is 2. The highest BCUT2D eigenvalue weighted by molar-refractivity contribution is 6.32. The molecule has 0 amide bonds. The fraction of sp³-hybridized carbons (Fsp3) is 0.235. The Morgan fingerprint density at radius 3 is 2.19 bits per heavy atom. The van der Waals surface area contributed by atoms with Crippen LogP contribution < -0.4 is 20.1 Å². The molecule has 0 aliphatic carbocycles. The lowest BCUT2D eigenvalue weighted by atomic mass is 10.2. The number of benzene rings is 1. The predicted molar refractivity (Wildman–Crippen MR) is 99.1 cm³/mol. The SMILES string of the molecule is COc1cc(Nc2cc(Nc3cc(C)on3)nc(C)n2)c(OC)cc1Cl. The van der Waals surface area contributed by atoms with E-state index in [0.717, 1.165) is 0 Å². The summed E-state index contributed by atoms with van der Waals surface area (Å²) in [5.74, 6) is 4.09. The normalized spacial score (nSPS) is 10.5. The third kappa shape index (κ3) is 3.97. The summed E-state index contributed by atoms with van der Waals surface area (Å²) in [6.07, 6.45) is 0. The minimum Gasteiger partial charge on any atom is -0.495 e. The van der Waals surface area contributed by atoms with E-state index < -0.39 is 0 Å². The molecule has 3 aromatic rings. The van der Waals surface area contributed by atoms with Crippen molar-refractivity contribution < 1.29 is 14.0 Å². The molecule has 2 N–H and O–H groups in total. The first-order chi connectivity index (χ1) is 12.5. The van der Waals surface area contributed by atoms with Crippen molar-refractivity contribution in [2.24, 2.45) is 0 Å². The summed E-state index contributed by atoms with van der Waals surface area (Å²) in [6.45, 7) is 3.61. The monoisotopic (exact) mass is 375 g/mol. The van der Waals surface area contributed by atoms with Crippen molar-refractivity contribution in [3.63, 3.8) is 0 Å². The first kappa shape index (κ1) is 17.8. The number of aryl methyl sites for hydroxylation is 2. The Balaban J connectivity index is 1.90. The van der Waals surface area contributed by atoms with Gasteiger partial charge in [-0.25, -0.2) is 9.97 Å². The Morgan fingerprint density at radius 1 is 0.885 bits per heavy atom. The first-order valence-electron chi connectivity index (χ1n) is 7.73. The topological polar surface area (TPSA) is 94.3 Å². The van der Waals surface area contributed by atoms with Gasteiger partial charge in [-0.15, -0.1) is 0 Å². The summed E-state index contributed by atoms with van der Waals surface area (Å²) in [6, 6.07) is 6.94. The molecule has 0 radical (unpaired) electrons. The number of methoxy groups -OCH3 is 2. The Bertz CT molecular complexity index is 929. The number of ether oxygens (including phenoxy) is 2. The van der Waals surface area contributed by atoms with Crippen molar-refractivity contribution in [3.05, 3.63) is 40.9 Å². The number of hydrogen-bond acceptors (Lipinski definition) is 8. The van der Waals surface area contributed by atoms with E-state index in [-0.39, 0.29) is 0 Å². The number of rotatable bonds is 6. The molecular weight excluding hydrogens is 358 g/mol. The summed E-state index contributed by atoms with van der Waals surface area (Å²) >= 11 is 6.14. The third-order valence-corrected chi connectivity index (χ3v) is 3.75. The van der Waals surface area contributed by atoms with Crippen molar-refractivity contribution in [2.75, 3.05) is 24.9 Å². The molecule has 136 valence electrons. The molecule has 3 rings (SSSR count). The molecule has 1 aromatic carbocycles. The Hall–Kier alpha value is -3.00. The van der Waals surface area contributed by atoms with Crippen molar-refractivity contribution >= 4 is 34.7 Å². The molecule has 0 aliphatic heterocycles. The highest BCUT2D eigenvalue weighted by atomic mass is 35.5. The molecular formula is C17H18ClN5O3. The van der Waals surface area contributed by atoms with Crippen LogP contribution in [0, 0.1) is 13.8 Å². The lowest BCUT2D eigenvalue weighted by Crippen LogP contribution is -2.03. The Kier molecular flexibility index (Phi) is 5.13. The van der Waals surface area contributed by atoms with E-state index in [1.165, 1.54) is 0 Å². The molecule has 26 heavy (non-hydrogen) atoms. The van der Waals surface area contributed by atoms with Crippen molar-refractivity contribution in [1.82, 2.24) is 15.1 Å². The van der Waals surface area contributed by atoms with Gasteiger partial charge in [0.1, 0.15) is 34.7 Å². The van der Waals surface area contributed by atoms with Crippen LogP contribution in [0.1, 0.15) is 11.6 Å². The zero-order valence-corrected chi connectivity index (χ0v) is 15.5. The zero-order chi connectivity index (χ0) is 18.7. The molecule has 0 saturated carbocycles. The Labute approximate surface area is 155 Å². The number of nitrogens with one attached hydrogen (secondary N) is 2. The second-order valence-electron chi connectivity index (χ2n) is 5.45. The molecule has 0 bridgehead atoms. The minimum absolute atomic E-state index is 0.456. The smallest absolute Gasteiger partial charge is 0.175 e. The van der Waals surface area contributed by atoms with Crippen LogP contribution in [-0.4, -0.2) is 29.3 Å². The molecule has 0 fully saturated rings. The van der Waals surface area contributed by atoms with Gasteiger partial charge in [0.05, 0.1) is 24.9 Å². The highest BCUT2D eigenvalue weighted by Crippen LogP contribution is 2.37. The number of halogens is 1. The quantitative estimate of drug-likeness (QED) is 0.660. The van der Waals surface area contributed by atoms with Crippen molar-refractivity contribution in [1.29, 1.82) is 0 Å². The number of anilines is 4. The van der Waals surface area contributed by atoms with Gasteiger partial charge in [-0.3, -0.25) is 0 Å². The van der Waals surface area contributed by atoms with Crippen LogP contribution in [0.15, 0.2) is 28.8 Å². The lowest BCUT2D eigenvalue weighted by Gasteiger charge is -2.14. The average molecular weight is 376 g/mol. The minimum atomic E-state index is 0.456. The Morgan fingerprint density at radius 2 is 1.58 bits per heavy atom. The maximum atomic E-state index is 6.14. The van der Waals surface area contributed by atoms with Crippen molar-refractivity contribution in [2.45, 2.75) is 13.8 Å². The van der Waals surface area contributed by atoms with E-state index in [2.05, 4.69) is 25.8 Å². The van der Waals surface area contributed by atoms with Crippen LogP contribution in [-0.2, 0) is 0 Å². The summed E-state index contributed by atoms with van der Waals surface area (Å²) < 4.78 is 15.7. The van der Waals surface area contributed by atoms with Crippen LogP contribution in [0.5, 0.6) is 11.5 Å². The van der Waals surface area contributed by atoms with Gasteiger partial charge in [0.25, 0.3) is 0 Å². The summed E-state index contributed by atoms with van der Waals surface area (Å²) in [4.78, 5) is 8.74. The number of nitrogens with zero attached hydrogens (tertiary/aromatic N) is 3. The van der Waals surface area contributed by atoms with E-state index in [1.807, 2.05) is 6.92 Å². The summed E-state index contributed by atoms with van der Waals surface area (Å²) in [5.41, 5.74) is 0.662. The van der Waals surface area contributed by atoms with Gasteiger partial charge in [0, 0.05) is 24.3 Å². The fourth-order valence-corrected chi connectivity index (χ4v) is 2.58. The molecule has 0 spiro atoms. The standard InChI is InChI=1S/C17H18ClN5O3/c1-9-5-17(23-26-9)22-16-8-15(19-10(2)20-16)21-12-7-13(24-3)11(18)6-14(12)25-4/h5-8H,1-4H3,(H2,19,20,21,22,23). The average Bonchev–Trinajstić information content (AvgIpc) is 3.00. The van der Waals surface area contributed by atoms with Gasteiger partial charge < -0.3 is 24.6 Å². The maximum absolute atomic E-state index is 6.14. The number of aromatic nitrogens is 3. The van der Waals surface area contributed by atoms with Crippen LogP contribution >= 0.6 is 11.6 Å². The molecule has 0 saturated heterocycles. The van der Waals surface area contributed by atoms with Crippen LogP contribution in [0.25, 0.3) is 0 Å². The second-order valence-corrected chi connectivity index (χ2v) is 5.85. The van der Waals surface area contributed by atoms with Gasteiger partial charge in [0.2, 0.25) is 0 Å². The molecule has 2 heterocycles. The van der Waals surface area contributed by atoms with Gasteiger partial charge in [-0.1, -0.05) is 16.8 Å². The molecule has 0 aliphatic rings. The van der Waals surface area contributed by atoms with Gasteiger partial charge in [-0.2, -0.15) is 0 Å². The maximum Gasteiger partial charge on any atom is 0.175 e. The first-order valence-corrected chi connectivity index (χ1v) is 8.11. The van der Waals surface area contributed by atoms with Crippen molar-refractivity contribution in [3.8, 4) is 11.5 Å². The van der Waals surface area contributed by atoms with Crippen LogP contribution in [0.3, 0.4) is 0 Å². The van der Waals surface area contributed by atoms with E-state index in [1.54, 1.807) is 45.4 Å². The van der Waals surface area contributed by atoms with Gasteiger partial charge in [0.15, 0.2) is 5.82 Å². The molecule has 0 unspecified atom stereocenters. The van der Waals surface area contributed by atoms with E-state index >= 15 is 0 Å². The molecule has 2 aromatic heterocycles. The van der Waals surface area contributed by atoms with Gasteiger partial charge >= 0.3 is 0 Å². The van der Waals surface area contributed by atoms with Crippen LogP contribution in [0.2, 0.25) is 5.02 Å². The predicted octanol–water partition coefficient (Wildman–Crippen LogP) is 4.24. The second kappa shape index (κ2) is 7.49. The molecule has 8 nitrogen and oxygen atoms in total. The van der Waals surface area contributed by atoms with E-state index in [4.69, 9.17) is 25.6 Å². The largest absolute Gasteiger partial charge is 0.495 e. The third-order valence-electron chi connectivity index (χ3n) is 3.46.